The molecule has 1 heterocycles. The molecule has 0 fully saturated rings. The molecular formula is C17H10N2O. The lowest BCUT2D eigenvalue weighted by molar-refractivity contribution is -0.113. The van der Waals surface area contributed by atoms with Gasteiger partial charge in [-0.15, -0.1) is 0 Å². The van der Waals surface area contributed by atoms with Crippen LogP contribution >= 0.6 is 0 Å². The zero-order valence-electron chi connectivity index (χ0n) is 10.6. The van der Waals surface area contributed by atoms with E-state index in [4.69, 9.17) is 0 Å². The first-order chi connectivity index (χ1) is 9.81. The highest BCUT2D eigenvalue weighted by molar-refractivity contribution is 6.42. The van der Waals surface area contributed by atoms with Crippen molar-refractivity contribution in [2.45, 2.75) is 0 Å². The molecule has 0 saturated carbocycles. The fourth-order valence-corrected chi connectivity index (χ4v) is 2.23. The van der Waals surface area contributed by atoms with Crippen LogP contribution in [0, 0.1) is 11.3 Å². The van der Waals surface area contributed by atoms with Crippen LogP contribution in [0.2, 0.25) is 0 Å². The topological polar surface area (TPSA) is 53.2 Å². The van der Waals surface area contributed by atoms with Gasteiger partial charge >= 0.3 is 0 Å². The smallest absolute Gasteiger partial charge is 0.266 e. The molecule has 0 bridgehead atoms. The summed E-state index contributed by atoms with van der Waals surface area (Å²) in [4.78, 5) is 16.0. The lowest BCUT2D eigenvalue weighted by atomic mass is 9.94. The van der Waals surface area contributed by atoms with Gasteiger partial charge < -0.3 is 0 Å². The van der Waals surface area contributed by atoms with E-state index in [-0.39, 0.29) is 5.57 Å². The first-order valence-corrected chi connectivity index (χ1v) is 6.20. The summed E-state index contributed by atoms with van der Waals surface area (Å²) >= 11 is 0. The minimum atomic E-state index is -0.467. The fourth-order valence-electron chi connectivity index (χ4n) is 2.23. The maximum atomic E-state index is 11.9. The Hall–Kier alpha value is -2.99. The van der Waals surface area contributed by atoms with E-state index >= 15 is 0 Å². The molecule has 1 aliphatic heterocycles. The number of aliphatic imine (C=N–C) groups is 1. The highest BCUT2D eigenvalue weighted by Gasteiger charge is 2.28. The van der Waals surface area contributed by atoms with Gasteiger partial charge in [0.05, 0.1) is 5.71 Å². The number of benzene rings is 2. The minimum absolute atomic E-state index is 0.107. The third-order valence-corrected chi connectivity index (χ3v) is 3.14. The van der Waals surface area contributed by atoms with Crippen LogP contribution in [0.25, 0.3) is 5.57 Å². The van der Waals surface area contributed by atoms with Gasteiger partial charge in [0, 0.05) is 11.1 Å². The second kappa shape index (κ2) is 4.94. The quantitative estimate of drug-likeness (QED) is 0.831. The molecule has 3 heteroatoms. The predicted molar refractivity (Wildman–Crippen MR) is 77.0 cm³/mol. The normalized spacial score (nSPS) is 14.2. The van der Waals surface area contributed by atoms with Gasteiger partial charge in [0.25, 0.3) is 5.91 Å². The number of allylic oxidation sites excluding steroid dienone is 1. The van der Waals surface area contributed by atoms with E-state index in [1.807, 2.05) is 66.7 Å². The lowest BCUT2D eigenvalue weighted by Gasteiger charge is -2.07. The summed E-state index contributed by atoms with van der Waals surface area (Å²) in [6, 6.07) is 20.8. The second-order valence-electron chi connectivity index (χ2n) is 4.36. The molecule has 1 aliphatic rings. The van der Waals surface area contributed by atoms with Crippen LogP contribution in [-0.4, -0.2) is 11.6 Å². The Bertz CT molecular complexity index is 766. The van der Waals surface area contributed by atoms with Crippen molar-refractivity contribution in [2.75, 3.05) is 0 Å². The molecule has 0 aliphatic carbocycles. The Kier molecular flexibility index (Phi) is 2.98. The molecule has 3 rings (SSSR count). The molecule has 0 spiro atoms. The van der Waals surface area contributed by atoms with E-state index in [1.54, 1.807) is 0 Å². The monoisotopic (exact) mass is 258 g/mol. The van der Waals surface area contributed by atoms with E-state index < -0.39 is 5.91 Å². The van der Waals surface area contributed by atoms with Crippen LogP contribution in [-0.2, 0) is 4.79 Å². The van der Waals surface area contributed by atoms with Crippen molar-refractivity contribution >= 4 is 17.2 Å². The third-order valence-electron chi connectivity index (χ3n) is 3.14. The summed E-state index contributed by atoms with van der Waals surface area (Å²) in [5.74, 6) is -0.467. The summed E-state index contributed by atoms with van der Waals surface area (Å²) in [5, 5.41) is 9.23. The van der Waals surface area contributed by atoms with Crippen molar-refractivity contribution in [3.05, 3.63) is 77.4 Å². The summed E-state index contributed by atoms with van der Waals surface area (Å²) < 4.78 is 0. The average Bonchev–Trinajstić information content (AvgIpc) is 2.85. The summed E-state index contributed by atoms with van der Waals surface area (Å²) in [7, 11) is 0. The van der Waals surface area contributed by atoms with Crippen molar-refractivity contribution in [3.63, 3.8) is 0 Å². The summed E-state index contributed by atoms with van der Waals surface area (Å²) in [5.41, 5.74) is 2.96. The predicted octanol–water partition coefficient (Wildman–Crippen LogP) is 2.99. The lowest BCUT2D eigenvalue weighted by Crippen LogP contribution is -2.02. The van der Waals surface area contributed by atoms with Gasteiger partial charge in [-0.1, -0.05) is 60.7 Å². The first kappa shape index (κ1) is 12.1. The van der Waals surface area contributed by atoms with Gasteiger partial charge in [-0.2, -0.15) is 5.26 Å². The molecule has 1 amide bonds. The number of nitrogens with zero attached hydrogens (tertiary/aromatic N) is 2. The van der Waals surface area contributed by atoms with E-state index in [1.165, 1.54) is 0 Å². The molecule has 3 nitrogen and oxygen atoms in total. The van der Waals surface area contributed by atoms with Crippen LogP contribution in [0.3, 0.4) is 0 Å². The highest BCUT2D eigenvalue weighted by atomic mass is 16.1. The molecule has 0 aromatic heterocycles. The highest BCUT2D eigenvalue weighted by Crippen LogP contribution is 2.29. The molecule has 0 radical (unpaired) electrons. The van der Waals surface area contributed by atoms with Crippen LogP contribution in [0.5, 0.6) is 0 Å². The molecule has 2 aromatic carbocycles. The van der Waals surface area contributed by atoms with Crippen molar-refractivity contribution in [3.8, 4) is 6.07 Å². The number of carbonyl (C=O) groups excluding carboxylic acids is 1. The largest absolute Gasteiger partial charge is 0.288 e. The second-order valence-corrected chi connectivity index (χ2v) is 4.36. The van der Waals surface area contributed by atoms with E-state index in [9.17, 15) is 10.1 Å². The summed E-state index contributed by atoms with van der Waals surface area (Å²) in [6.45, 7) is 0. The van der Waals surface area contributed by atoms with Gasteiger partial charge in [-0.05, 0) is 5.56 Å². The Morgan fingerprint density at radius 3 is 1.95 bits per heavy atom. The van der Waals surface area contributed by atoms with Crippen molar-refractivity contribution in [2.24, 2.45) is 4.99 Å². The number of hydrogen-bond acceptors (Lipinski definition) is 2. The standard InChI is InChI=1S/C17H10N2O/c18-11-14-15(12-7-3-1-4-8-12)16(19-17(14)20)13-9-5-2-6-10-13/h1-10H. The van der Waals surface area contributed by atoms with Gasteiger partial charge in [-0.3, -0.25) is 4.79 Å². The first-order valence-electron chi connectivity index (χ1n) is 6.20. The zero-order valence-corrected chi connectivity index (χ0v) is 10.6. The van der Waals surface area contributed by atoms with Crippen LogP contribution in [0.4, 0.5) is 0 Å². The molecular weight excluding hydrogens is 248 g/mol. The molecule has 20 heavy (non-hydrogen) atoms. The maximum absolute atomic E-state index is 11.9. The van der Waals surface area contributed by atoms with Crippen LogP contribution in [0.15, 0.2) is 71.2 Å². The molecule has 94 valence electrons. The average molecular weight is 258 g/mol. The van der Waals surface area contributed by atoms with Crippen molar-refractivity contribution < 1.29 is 4.79 Å². The number of nitriles is 1. The Labute approximate surface area is 116 Å². The summed E-state index contributed by atoms with van der Waals surface area (Å²) in [6.07, 6.45) is 0. The van der Waals surface area contributed by atoms with E-state index in [2.05, 4.69) is 4.99 Å². The fraction of sp³-hybridized carbons (Fsp3) is 0. The Morgan fingerprint density at radius 1 is 0.850 bits per heavy atom. The SMILES string of the molecule is N#CC1=C(c2ccccc2)C(c2ccccc2)=NC1=O. The number of amides is 1. The van der Waals surface area contributed by atoms with Gasteiger partial charge in [0.2, 0.25) is 0 Å². The Morgan fingerprint density at radius 2 is 1.40 bits per heavy atom. The van der Waals surface area contributed by atoms with Gasteiger partial charge in [0.1, 0.15) is 11.6 Å². The zero-order chi connectivity index (χ0) is 13.9. The number of rotatable bonds is 2. The minimum Gasteiger partial charge on any atom is -0.266 e. The van der Waals surface area contributed by atoms with Crippen molar-refractivity contribution in [1.29, 1.82) is 5.26 Å². The molecule has 0 saturated heterocycles. The van der Waals surface area contributed by atoms with Crippen LogP contribution < -0.4 is 0 Å². The molecule has 0 N–H and O–H groups in total. The molecule has 0 atom stereocenters. The van der Waals surface area contributed by atoms with Crippen LogP contribution in [0.1, 0.15) is 11.1 Å². The van der Waals surface area contributed by atoms with Gasteiger partial charge in [0.15, 0.2) is 0 Å². The maximum Gasteiger partial charge on any atom is 0.288 e. The molecule has 0 unspecified atom stereocenters. The molecule has 2 aromatic rings. The van der Waals surface area contributed by atoms with Crippen molar-refractivity contribution in [1.82, 2.24) is 0 Å². The van der Waals surface area contributed by atoms with Gasteiger partial charge in [-0.25, -0.2) is 4.99 Å². The number of carbonyl (C=O) groups is 1. The number of hydrogen-bond donors (Lipinski definition) is 0. The van der Waals surface area contributed by atoms with E-state index in [0.717, 1.165) is 11.1 Å². The third kappa shape index (κ3) is 1.94. The van der Waals surface area contributed by atoms with E-state index in [0.29, 0.717) is 11.3 Å². The Balaban J connectivity index is 2.22.